The molecule has 126 valence electrons. The molecule has 0 saturated heterocycles. The van der Waals surface area contributed by atoms with Gasteiger partial charge in [0.05, 0.1) is 5.92 Å². The number of benzene rings is 2. The lowest BCUT2D eigenvalue weighted by atomic mass is 9.99. The normalized spacial score (nSPS) is 12.0. The zero-order valence-corrected chi connectivity index (χ0v) is 14.5. The minimum absolute atomic E-state index is 0.0562. The fraction of sp³-hybridized carbons (Fsp3) is 0.263. The van der Waals surface area contributed by atoms with Crippen LogP contribution in [0, 0.1) is 0 Å². The Morgan fingerprint density at radius 1 is 1.04 bits per heavy atom. The van der Waals surface area contributed by atoms with E-state index in [4.69, 9.17) is 0 Å². The Balaban J connectivity index is 1.99. The predicted molar refractivity (Wildman–Crippen MR) is 96.6 cm³/mol. The van der Waals surface area contributed by atoms with Crippen LogP contribution in [0.15, 0.2) is 59.5 Å². The van der Waals surface area contributed by atoms with E-state index < -0.39 is 11.9 Å². The molecular formula is C19H21NO3S. The van der Waals surface area contributed by atoms with Crippen LogP contribution >= 0.6 is 11.8 Å². The number of rotatable bonds is 7. The van der Waals surface area contributed by atoms with Crippen molar-refractivity contribution < 1.29 is 14.7 Å². The van der Waals surface area contributed by atoms with Gasteiger partial charge in [-0.05, 0) is 29.8 Å². The Bertz CT molecular complexity index is 684. The molecule has 0 aliphatic carbocycles. The number of thioether (sulfide) groups is 1. The van der Waals surface area contributed by atoms with Crippen LogP contribution in [0.4, 0.5) is 0 Å². The van der Waals surface area contributed by atoms with Crippen molar-refractivity contribution in [1.29, 1.82) is 0 Å². The van der Waals surface area contributed by atoms with Gasteiger partial charge in [-0.25, -0.2) is 0 Å². The molecule has 4 nitrogen and oxygen atoms in total. The Morgan fingerprint density at radius 2 is 1.67 bits per heavy atom. The average molecular weight is 343 g/mol. The van der Waals surface area contributed by atoms with Gasteiger partial charge in [-0.15, -0.1) is 11.8 Å². The van der Waals surface area contributed by atoms with Crippen molar-refractivity contribution in [3.05, 3.63) is 65.7 Å². The van der Waals surface area contributed by atoms with Crippen LogP contribution in [0.5, 0.6) is 0 Å². The quantitative estimate of drug-likeness (QED) is 0.751. The molecule has 2 rings (SSSR count). The van der Waals surface area contributed by atoms with Crippen LogP contribution in [0.2, 0.25) is 0 Å². The van der Waals surface area contributed by atoms with Crippen molar-refractivity contribution in [2.45, 2.75) is 29.9 Å². The number of nitrogens with one attached hydrogen (secondary N) is 1. The second kappa shape index (κ2) is 8.55. The molecule has 0 spiro atoms. The second-order valence-electron chi connectivity index (χ2n) is 5.70. The molecule has 1 amide bonds. The summed E-state index contributed by atoms with van der Waals surface area (Å²) in [6, 6.07) is 16.3. The standard InChI is InChI=1S/C19H21NO3S/c1-13(2)24-16-10-8-15(9-11-16)18(21)20-12-17(19(22)23)14-6-4-3-5-7-14/h3-11,13,17H,12H2,1-2H3,(H,20,21)(H,22,23). The first-order valence-corrected chi connectivity index (χ1v) is 8.68. The van der Waals surface area contributed by atoms with Crippen LogP contribution in [0.25, 0.3) is 0 Å². The molecule has 5 heteroatoms. The van der Waals surface area contributed by atoms with Crippen LogP contribution in [-0.4, -0.2) is 28.8 Å². The average Bonchev–Trinajstić information content (AvgIpc) is 2.55. The molecule has 2 N–H and O–H groups in total. The summed E-state index contributed by atoms with van der Waals surface area (Å²) in [7, 11) is 0. The lowest BCUT2D eigenvalue weighted by Gasteiger charge is -2.14. The minimum atomic E-state index is -0.954. The SMILES string of the molecule is CC(C)Sc1ccc(C(=O)NCC(C(=O)O)c2ccccc2)cc1. The number of carbonyl (C=O) groups is 2. The van der Waals surface area contributed by atoms with Gasteiger partial charge in [0.1, 0.15) is 0 Å². The van der Waals surface area contributed by atoms with E-state index in [1.165, 1.54) is 0 Å². The maximum absolute atomic E-state index is 12.2. The highest BCUT2D eigenvalue weighted by Crippen LogP contribution is 2.23. The summed E-state index contributed by atoms with van der Waals surface area (Å²) >= 11 is 1.73. The first kappa shape index (κ1) is 18.1. The van der Waals surface area contributed by atoms with Gasteiger partial charge in [0.2, 0.25) is 0 Å². The monoisotopic (exact) mass is 343 g/mol. The van der Waals surface area contributed by atoms with Crippen LogP contribution < -0.4 is 5.32 Å². The number of amides is 1. The molecule has 0 saturated carbocycles. The zero-order valence-electron chi connectivity index (χ0n) is 13.7. The number of aliphatic carboxylic acids is 1. The number of hydrogen-bond donors (Lipinski definition) is 2. The van der Waals surface area contributed by atoms with Gasteiger partial charge < -0.3 is 10.4 Å². The van der Waals surface area contributed by atoms with Crippen molar-refractivity contribution in [2.75, 3.05) is 6.54 Å². The van der Waals surface area contributed by atoms with E-state index in [9.17, 15) is 14.7 Å². The Kier molecular flexibility index (Phi) is 6.44. The summed E-state index contributed by atoms with van der Waals surface area (Å²) in [5.74, 6) is -1.98. The summed E-state index contributed by atoms with van der Waals surface area (Å²) in [6.07, 6.45) is 0. The number of hydrogen-bond acceptors (Lipinski definition) is 3. The largest absolute Gasteiger partial charge is 0.481 e. The van der Waals surface area contributed by atoms with Crippen molar-refractivity contribution in [2.24, 2.45) is 0 Å². The van der Waals surface area contributed by atoms with E-state index in [1.54, 1.807) is 48.2 Å². The molecule has 0 fully saturated rings. The van der Waals surface area contributed by atoms with Crippen molar-refractivity contribution >= 4 is 23.6 Å². The first-order valence-electron chi connectivity index (χ1n) is 7.80. The smallest absolute Gasteiger partial charge is 0.312 e. The van der Waals surface area contributed by atoms with Crippen LogP contribution in [-0.2, 0) is 4.79 Å². The topological polar surface area (TPSA) is 66.4 Å². The molecule has 24 heavy (non-hydrogen) atoms. The van der Waals surface area contributed by atoms with E-state index in [2.05, 4.69) is 19.2 Å². The summed E-state index contributed by atoms with van der Waals surface area (Å²) in [6.45, 7) is 4.28. The van der Waals surface area contributed by atoms with E-state index >= 15 is 0 Å². The van der Waals surface area contributed by atoms with Crippen molar-refractivity contribution in [1.82, 2.24) is 5.32 Å². The third-order valence-corrected chi connectivity index (χ3v) is 4.47. The summed E-state index contributed by atoms with van der Waals surface area (Å²) in [5.41, 5.74) is 1.20. The Hall–Kier alpha value is -2.27. The summed E-state index contributed by atoms with van der Waals surface area (Å²) in [4.78, 5) is 24.8. The first-order chi connectivity index (χ1) is 11.5. The highest BCUT2D eigenvalue weighted by Gasteiger charge is 2.20. The van der Waals surface area contributed by atoms with Crippen LogP contribution in [0.3, 0.4) is 0 Å². The predicted octanol–water partition coefficient (Wildman–Crippen LogP) is 3.79. The molecular weight excluding hydrogens is 322 g/mol. The minimum Gasteiger partial charge on any atom is -0.481 e. The molecule has 0 aromatic heterocycles. The molecule has 0 aliphatic rings. The maximum atomic E-state index is 12.2. The van der Waals surface area contributed by atoms with Crippen molar-refractivity contribution in [3.63, 3.8) is 0 Å². The van der Waals surface area contributed by atoms with Gasteiger partial charge in [0.15, 0.2) is 0 Å². The maximum Gasteiger partial charge on any atom is 0.312 e. The van der Waals surface area contributed by atoms with E-state index in [0.29, 0.717) is 16.4 Å². The van der Waals surface area contributed by atoms with Crippen molar-refractivity contribution in [3.8, 4) is 0 Å². The van der Waals surface area contributed by atoms with Gasteiger partial charge in [-0.1, -0.05) is 44.2 Å². The number of carbonyl (C=O) groups excluding carboxylic acids is 1. The van der Waals surface area contributed by atoms with Gasteiger partial charge in [-0.3, -0.25) is 9.59 Å². The Labute approximate surface area is 146 Å². The lowest BCUT2D eigenvalue weighted by molar-refractivity contribution is -0.138. The molecule has 1 atom stereocenters. The van der Waals surface area contributed by atoms with E-state index in [0.717, 1.165) is 4.90 Å². The second-order valence-corrected chi connectivity index (χ2v) is 7.35. The lowest BCUT2D eigenvalue weighted by Crippen LogP contribution is -2.31. The van der Waals surface area contributed by atoms with E-state index in [1.807, 2.05) is 18.2 Å². The molecule has 2 aromatic carbocycles. The van der Waals surface area contributed by atoms with Gasteiger partial charge >= 0.3 is 5.97 Å². The molecule has 0 aliphatic heterocycles. The molecule has 0 radical (unpaired) electrons. The molecule has 1 unspecified atom stereocenters. The summed E-state index contributed by atoms with van der Waals surface area (Å²) in [5, 5.41) is 12.6. The highest BCUT2D eigenvalue weighted by atomic mass is 32.2. The fourth-order valence-electron chi connectivity index (χ4n) is 2.29. The Morgan fingerprint density at radius 3 is 2.21 bits per heavy atom. The third kappa shape index (κ3) is 5.13. The third-order valence-electron chi connectivity index (χ3n) is 3.46. The zero-order chi connectivity index (χ0) is 17.5. The fourth-order valence-corrected chi connectivity index (χ4v) is 3.12. The molecule has 2 aromatic rings. The summed E-state index contributed by atoms with van der Waals surface area (Å²) < 4.78 is 0. The van der Waals surface area contributed by atoms with Gasteiger partial charge in [0.25, 0.3) is 5.91 Å². The van der Waals surface area contributed by atoms with E-state index in [-0.39, 0.29) is 12.5 Å². The van der Waals surface area contributed by atoms with Crippen LogP contribution in [0.1, 0.15) is 35.7 Å². The van der Waals surface area contributed by atoms with Gasteiger partial charge in [0, 0.05) is 22.3 Å². The molecule has 0 heterocycles. The highest BCUT2D eigenvalue weighted by molar-refractivity contribution is 7.99. The number of carboxylic acid groups (broad SMARTS) is 1. The molecule has 0 bridgehead atoms. The number of carboxylic acids is 1. The van der Waals surface area contributed by atoms with Gasteiger partial charge in [-0.2, -0.15) is 0 Å².